The van der Waals surface area contributed by atoms with Gasteiger partial charge in [-0.1, -0.05) is 53.7 Å². The summed E-state index contributed by atoms with van der Waals surface area (Å²) in [6, 6.07) is 18.5. The zero-order valence-electron chi connectivity index (χ0n) is 20.0. The van der Waals surface area contributed by atoms with Crippen molar-refractivity contribution < 1.29 is 19.1 Å². The number of nitrogens with zero attached hydrogens (tertiary/aromatic N) is 3. The van der Waals surface area contributed by atoms with Gasteiger partial charge >= 0.3 is 0 Å². The van der Waals surface area contributed by atoms with Crippen LogP contribution < -0.4 is 10.1 Å². The van der Waals surface area contributed by atoms with Gasteiger partial charge in [-0.05, 0) is 42.5 Å². The van der Waals surface area contributed by atoms with E-state index in [-0.39, 0.29) is 35.4 Å². The van der Waals surface area contributed by atoms with Crippen molar-refractivity contribution in [2.75, 3.05) is 11.1 Å². The summed E-state index contributed by atoms with van der Waals surface area (Å²) in [6.07, 6.45) is 1.71. The zero-order chi connectivity index (χ0) is 26.6. The third-order valence-corrected chi connectivity index (χ3v) is 7.05. The molecule has 1 aromatic heterocycles. The number of benzene rings is 3. The highest BCUT2D eigenvalue weighted by atomic mass is 35.5. The molecule has 38 heavy (non-hydrogen) atoms. The van der Waals surface area contributed by atoms with Crippen molar-refractivity contribution in [2.45, 2.75) is 18.3 Å². The third kappa shape index (κ3) is 5.25. The molecule has 10 heteroatoms. The average molecular weight is 545 g/mol. The number of hydrogen-bond donors (Lipinski definition) is 1. The molecule has 0 aliphatic heterocycles. The lowest BCUT2D eigenvalue weighted by Gasteiger charge is -2.18. The molecule has 0 unspecified atom stereocenters. The van der Waals surface area contributed by atoms with Crippen LogP contribution in [0, 0.1) is 0 Å². The predicted octanol–water partition coefficient (Wildman–Crippen LogP) is 5.20. The van der Waals surface area contributed by atoms with E-state index in [0.29, 0.717) is 50.7 Å². The largest absolute Gasteiger partial charge is 0.486 e. The van der Waals surface area contributed by atoms with Crippen molar-refractivity contribution in [3.8, 4) is 5.75 Å². The van der Waals surface area contributed by atoms with Crippen LogP contribution in [-0.2, 0) is 17.9 Å². The Labute approximate surface area is 227 Å². The second kappa shape index (κ2) is 11.0. The number of rotatable bonds is 9. The lowest BCUT2D eigenvalue weighted by molar-refractivity contribution is -0.113. The summed E-state index contributed by atoms with van der Waals surface area (Å²) in [7, 11) is 0. The Kier molecular flexibility index (Phi) is 7.39. The summed E-state index contributed by atoms with van der Waals surface area (Å²) in [5.41, 5.74) is 1.78. The number of carbonyl (C=O) groups is 3. The Morgan fingerprint density at radius 2 is 1.66 bits per heavy atom. The number of thioether (sulfide) groups is 1. The van der Waals surface area contributed by atoms with Crippen molar-refractivity contribution in [1.82, 2.24) is 14.8 Å². The third-order valence-electron chi connectivity index (χ3n) is 5.83. The van der Waals surface area contributed by atoms with Gasteiger partial charge in [-0.25, -0.2) is 0 Å². The zero-order valence-corrected chi connectivity index (χ0v) is 21.6. The summed E-state index contributed by atoms with van der Waals surface area (Å²) in [5.74, 6) is 0.538. The van der Waals surface area contributed by atoms with Gasteiger partial charge in [0.1, 0.15) is 12.4 Å². The van der Waals surface area contributed by atoms with Crippen LogP contribution in [0.25, 0.3) is 0 Å². The number of ketones is 2. The van der Waals surface area contributed by atoms with Crippen LogP contribution in [0.4, 0.5) is 5.69 Å². The summed E-state index contributed by atoms with van der Waals surface area (Å²) in [5, 5.41) is 12.4. The Morgan fingerprint density at radius 3 is 2.37 bits per heavy atom. The fraction of sp³-hybridized carbons (Fsp3) is 0.107. The summed E-state index contributed by atoms with van der Waals surface area (Å²) in [4.78, 5) is 38.5. The molecule has 4 aromatic rings. The van der Waals surface area contributed by atoms with E-state index < -0.39 is 0 Å². The molecule has 1 aliphatic carbocycles. The number of allylic oxidation sites excluding steroid dienone is 1. The standard InChI is InChI=1S/C28H21ClN4O4S/c1-2-13-33-24(15-37-19-10-7-17(29)8-11-19)31-32-28(33)38-16-25(34)30-18-9-12-22-23(14-18)27(36)21-6-4-3-5-20(21)26(22)35/h2-12,14H,1,13,15-16H2,(H,30,34). The highest BCUT2D eigenvalue weighted by Crippen LogP contribution is 2.29. The average Bonchev–Trinajstić information content (AvgIpc) is 3.31. The van der Waals surface area contributed by atoms with E-state index in [1.165, 1.54) is 11.8 Å². The van der Waals surface area contributed by atoms with Crippen molar-refractivity contribution in [1.29, 1.82) is 0 Å². The summed E-state index contributed by atoms with van der Waals surface area (Å²) in [6.45, 7) is 4.41. The van der Waals surface area contributed by atoms with Gasteiger partial charge in [-0.3, -0.25) is 19.0 Å². The molecule has 0 radical (unpaired) electrons. The van der Waals surface area contributed by atoms with E-state index >= 15 is 0 Å². The minimum atomic E-state index is -0.294. The van der Waals surface area contributed by atoms with Gasteiger partial charge in [0.15, 0.2) is 22.5 Å². The number of halogens is 1. The van der Waals surface area contributed by atoms with Gasteiger partial charge in [-0.15, -0.1) is 16.8 Å². The molecule has 1 amide bonds. The fourth-order valence-electron chi connectivity index (χ4n) is 4.03. The first-order valence-corrected chi connectivity index (χ1v) is 13.0. The molecule has 8 nitrogen and oxygen atoms in total. The van der Waals surface area contributed by atoms with E-state index in [4.69, 9.17) is 16.3 Å². The van der Waals surface area contributed by atoms with Crippen LogP contribution in [0.3, 0.4) is 0 Å². The SMILES string of the molecule is C=CCn1c(COc2ccc(Cl)cc2)nnc1SCC(=O)Nc1ccc2c(c1)C(=O)c1ccccc1C2=O. The number of nitrogens with one attached hydrogen (secondary N) is 1. The van der Waals surface area contributed by atoms with Crippen LogP contribution in [0.1, 0.15) is 37.7 Å². The van der Waals surface area contributed by atoms with Crippen LogP contribution in [0.2, 0.25) is 5.02 Å². The Bertz CT molecular complexity index is 1570. The van der Waals surface area contributed by atoms with Gasteiger partial charge in [0.2, 0.25) is 5.91 Å². The number of aromatic nitrogens is 3. The van der Waals surface area contributed by atoms with Gasteiger partial charge in [0, 0.05) is 39.5 Å². The minimum absolute atomic E-state index is 0.0557. The van der Waals surface area contributed by atoms with Gasteiger partial charge in [0.05, 0.1) is 5.75 Å². The quantitative estimate of drug-likeness (QED) is 0.201. The Balaban J connectivity index is 1.24. The number of fused-ring (bicyclic) bond motifs is 2. The van der Waals surface area contributed by atoms with Crippen LogP contribution in [0.15, 0.2) is 84.5 Å². The molecule has 0 bridgehead atoms. The minimum Gasteiger partial charge on any atom is -0.486 e. The molecule has 1 heterocycles. The van der Waals surface area contributed by atoms with E-state index in [2.05, 4.69) is 22.1 Å². The first kappa shape index (κ1) is 25.4. The molecule has 1 aliphatic rings. The van der Waals surface area contributed by atoms with Crippen molar-refractivity contribution >= 4 is 46.5 Å². The van der Waals surface area contributed by atoms with Gasteiger partial charge in [-0.2, -0.15) is 0 Å². The van der Waals surface area contributed by atoms with Crippen LogP contribution in [-0.4, -0.2) is 38.0 Å². The number of carbonyl (C=O) groups excluding carboxylic acids is 3. The second-order valence-electron chi connectivity index (χ2n) is 8.34. The van der Waals surface area contributed by atoms with E-state index in [1.807, 2.05) is 4.57 Å². The topological polar surface area (TPSA) is 103 Å². The molecule has 0 fully saturated rings. The Hall–Kier alpha value is -4.21. The monoisotopic (exact) mass is 544 g/mol. The van der Waals surface area contributed by atoms with Crippen LogP contribution >= 0.6 is 23.4 Å². The molecule has 0 atom stereocenters. The molecule has 190 valence electrons. The molecule has 0 saturated carbocycles. The number of anilines is 1. The molecular formula is C28H21ClN4O4S. The van der Waals surface area contributed by atoms with Crippen molar-refractivity contribution in [3.05, 3.63) is 112 Å². The highest BCUT2D eigenvalue weighted by Gasteiger charge is 2.29. The van der Waals surface area contributed by atoms with Crippen LogP contribution in [0.5, 0.6) is 5.75 Å². The summed E-state index contributed by atoms with van der Waals surface area (Å²) >= 11 is 7.13. The fourth-order valence-corrected chi connectivity index (χ4v) is 4.92. The lowest BCUT2D eigenvalue weighted by Crippen LogP contribution is -2.21. The van der Waals surface area contributed by atoms with E-state index in [0.717, 1.165) is 0 Å². The molecule has 5 rings (SSSR count). The summed E-state index contributed by atoms with van der Waals surface area (Å²) < 4.78 is 7.60. The second-order valence-corrected chi connectivity index (χ2v) is 9.72. The smallest absolute Gasteiger partial charge is 0.234 e. The molecule has 0 spiro atoms. The number of ether oxygens (including phenoxy) is 1. The van der Waals surface area contributed by atoms with Crippen molar-refractivity contribution in [2.24, 2.45) is 0 Å². The maximum Gasteiger partial charge on any atom is 0.234 e. The molecule has 1 N–H and O–H groups in total. The normalized spacial score (nSPS) is 12.0. The number of hydrogen-bond acceptors (Lipinski definition) is 7. The molecule has 3 aromatic carbocycles. The molecule has 0 saturated heterocycles. The van der Waals surface area contributed by atoms with E-state index in [1.54, 1.807) is 72.8 Å². The maximum atomic E-state index is 13.0. The van der Waals surface area contributed by atoms with E-state index in [9.17, 15) is 14.4 Å². The lowest BCUT2D eigenvalue weighted by atomic mass is 9.84. The Morgan fingerprint density at radius 1 is 0.974 bits per heavy atom. The predicted molar refractivity (Wildman–Crippen MR) is 145 cm³/mol. The molecular weight excluding hydrogens is 524 g/mol. The highest BCUT2D eigenvalue weighted by molar-refractivity contribution is 7.99. The number of amides is 1. The first-order chi connectivity index (χ1) is 18.4. The first-order valence-electron chi connectivity index (χ1n) is 11.6. The van der Waals surface area contributed by atoms with Gasteiger partial charge in [0.25, 0.3) is 0 Å². The van der Waals surface area contributed by atoms with Gasteiger partial charge < -0.3 is 10.1 Å². The van der Waals surface area contributed by atoms with Crippen molar-refractivity contribution in [3.63, 3.8) is 0 Å². The maximum absolute atomic E-state index is 13.0.